The van der Waals surface area contributed by atoms with Crippen molar-refractivity contribution < 1.29 is 14.3 Å². The lowest BCUT2D eigenvalue weighted by atomic mass is 9.80. The third kappa shape index (κ3) is 5.64. The number of nitrogens with zero attached hydrogens (tertiary/aromatic N) is 1. The van der Waals surface area contributed by atoms with E-state index in [1.165, 1.54) is 42.0 Å². The number of benzene rings is 2. The van der Waals surface area contributed by atoms with Crippen LogP contribution in [0.2, 0.25) is 0 Å². The lowest BCUT2D eigenvalue weighted by Crippen LogP contribution is -2.36. The van der Waals surface area contributed by atoms with Gasteiger partial charge < -0.3 is 9.47 Å². The molecule has 2 fully saturated rings. The van der Waals surface area contributed by atoms with E-state index in [2.05, 4.69) is 55.1 Å². The summed E-state index contributed by atoms with van der Waals surface area (Å²) in [5.41, 5.74) is 1.32. The molecule has 32 heavy (non-hydrogen) atoms. The molecule has 1 saturated carbocycles. The van der Waals surface area contributed by atoms with Gasteiger partial charge >= 0.3 is 5.97 Å². The fourth-order valence-electron chi connectivity index (χ4n) is 5.40. The summed E-state index contributed by atoms with van der Waals surface area (Å²) in [6.45, 7) is 9.86. The van der Waals surface area contributed by atoms with E-state index in [1.807, 2.05) is 6.92 Å². The van der Waals surface area contributed by atoms with Gasteiger partial charge in [0.25, 0.3) is 0 Å². The molecule has 0 spiro atoms. The van der Waals surface area contributed by atoms with Crippen LogP contribution < -0.4 is 4.74 Å². The monoisotopic (exact) mass is 437 g/mol. The minimum atomic E-state index is -0.0249. The third-order valence-electron chi connectivity index (χ3n) is 7.47. The Labute approximate surface area is 193 Å². The summed E-state index contributed by atoms with van der Waals surface area (Å²) in [5.74, 6) is 2.70. The third-order valence-corrected chi connectivity index (χ3v) is 7.47. The van der Waals surface area contributed by atoms with Crippen LogP contribution in [0.25, 0.3) is 10.8 Å². The summed E-state index contributed by atoms with van der Waals surface area (Å²) in [7, 11) is 0. The molecule has 174 valence electrons. The van der Waals surface area contributed by atoms with E-state index in [1.54, 1.807) is 0 Å². The standard InChI is InChI=1S/C28H39NO3/c1-4-31-28(30)23-14-16-29(17-15-23)19-21-8-13-26-24(18-21)6-5-7-27(26)32-25-11-9-22(10-12-25)20(2)3/h5-8,13,18,20,22-23,25H,4,9-12,14-17,19H2,1-3H3. The summed E-state index contributed by atoms with van der Waals surface area (Å²) in [6, 6.07) is 13.2. The Morgan fingerprint density at radius 1 is 1.03 bits per heavy atom. The molecule has 0 radical (unpaired) electrons. The van der Waals surface area contributed by atoms with Crippen molar-refractivity contribution >= 4 is 16.7 Å². The number of likely N-dealkylation sites (tertiary alicyclic amines) is 1. The second-order valence-corrected chi connectivity index (χ2v) is 10.0. The summed E-state index contributed by atoms with van der Waals surface area (Å²) < 4.78 is 11.7. The zero-order valence-electron chi connectivity index (χ0n) is 20.0. The van der Waals surface area contributed by atoms with Crippen molar-refractivity contribution in [1.29, 1.82) is 0 Å². The van der Waals surface area contributed by atoms with Gasteiger partial charge in [-0.05, 0) is 93.5 Å². The highest BCUT2D eigenvalue weighted by Gasteiger charge is 2.26. The van der Waals surface area contributed by atoms with Crippen LogP contribution in [-0.2, 0) is 16.1 Å². The van der Waals surface area contributed by atoms with E-state index in [-0.39, 0.29) is 11.9 Å². The first-order valence-corrected chi connectivity index (χ1v) is 12.6. The average molecular weight is 438 g/mol. The molecule has 4 heteroatoms. The van der Waals surface area contributed by atoms with E-state index in [0.29, 0.717) is 12.7 Å². The lowest BCUT2D eigenvalue weighted by molar-refractivity contribution is -0.149. The molecular formula is C28H39NO3. The van der Waals surface area contributed by atoms with E-state index >= 15 is 0 Å². The molecule has 2 aliphatic rings. The Morgan fingerprint density at radius 2 is 1.78 bits per heavy atom. The van der Waals surface area contributed by atoms with Crippen LogP contribution in [0.15, 0.2) is 36.4 Å². The zero-order chi connectivity index (χ0) is 22.5. The van der Waals surface area contributed by atoms with Crippen molar-refractivity contribution in [2.24, 2.45) is 17.8 Å². The molecule has 0 unspecified atom stereocenters. The van der Waals surface area contributed by atoms with Gasteiger partial charge in [0, 0.05) is 11.9 Å². The molecule has 1 saturated heterocycles. The quantitative estimate of drug-likeness (QED) is 0.483. The highest BCUT2D eigenvalue weighted by molar-refractivity contribution is 5.88. The van der Waals surface area contributed by atoms with Crippen molar-refractivity contribution in [3.05, 3.63) is 42.0 Å². The smallest absolute Gasteiger partial charge is 0.309 e. The maximum absolute atomic E-state index is 12.0. The maximum atomic E-state index is 12.0. The minimum absolute atomic E-state index is 0.0249. The van der Waals surface area contributed by atoms with Crippen molar-refractivity contribution in [3.63, 3.8) is 0 Å². The summed E-state index contributed by atoms with van der Waals surface area (Å²) >= 11 is 0. The first-order valence-electron chi connectivity index (χ1n) is 12.6. The highest BCUT2D eigenvalue weighted by Crippen LogP contribution is 2.34. The number of hydrogen-bond donors (Lipinski definition) is 0. The normalized spacial score (nSPS) is 22.9. The molecule has 0 aromatic heterocycles. The van der Waals surface area contributed by atoms with Crippen LogP contribution in [0.1, 0.15) is 64.9 Å². The molecular weight excluding hydrogens is 398 g/mol. The van der Waals surface area contributed by atoms with Gasteiger partial charge in [-0.25, -0.2) is 0 Å². The Hall–Kier alpha value is -2.07. The van der Waals surface area contributed by atoms with Crippen molar-refractivity contribution in [2.45, 2.75) is 71.9 Å². The van der Waals surface area contributed by atoms with Gasteiger partial charge in [0.05, 0.1) is 18.6 Å². The number of carbonyl (C=O) groups excluding carboxylic acids is 1. The van der Waals surface area contributed by atoms with Gasteiger partial charge in [-0.15, -0.1) is 0 Å². The molecule has 0 N–H and O–H groups in total. The molecule has 0 atom stereocenters. The summed E-state index contributed by atoms with van der Waals surface area (Å²) in [6.07, 6.45) is 7.02. The number of piperidine rings is 1. The molecule has 1 aliphatic heterocycles. The van der Waals surface area contributed by atoms with Crippen molar-refractivity contribution in [2.75, 3.05) is 19.7 Å². The molecule has 0 amide bonds. The second-order valence-electron chi connectivity index (χ2n) is 10.0. The number of ether oxygens (including phenoxy) is 2. The Morgan fingerprint density at radius 3 is 2.47 bits per heavy atom. The average Bonchev–Trinajstić information content (AvgIpc) is 2.80. The molecule has 4 rings (SSSR count). The van der Waals surface area contributed by atoms with Crippen LogP contribution in [0.5, 0.6) is 5.75 Å². The Balaban J connectivity index is 1.36. The number of carbonyl (C=O) groups is 1. The second kappa shape index (κ2) is 10.7. The first kappa shape index (κ1) is 23.1. The van der Waals surface area contributed by atoms with Gasteiger partial charge in [0.15, 0.2) is 0 Å². The van der Waals surface area contributed by atoms with Gasteiger partial charge in [-0.3, -0.25) is 9.69 Å². The van der Waals surface area contributed by atoms with E-state index in [4.69, 9.17) is 9.47 Å². The Kier molecular flexibility index (Phi) is 7.72. The van der Waals surface area contributed by atoms with Crippen LogP contribution >= 0.6 is 0 Å². The van der Waals surface area contributed by atoms with E-state index < -0.39 is 0 Å². The molecule has 1 aliphatic carbocycles. The van der Waals surface area contributed by atoms with Crippen LogP contribution in [0.3, 0.4) is 0 Å². The first-order chi connectivity index (χ1) is 15.5. The van der Waals surface area contributed by atoms with Gasteiger partial charge in [0.1, 0.15) is 5.75 Å². The topological polar surface area (TPSA) is 38.8 Å². The van der Waals surface area contributed by atoms with Gasteiger partial charge in [0.2, 0.25) is 0 Å². The zero-order valence-corrected chi connectivity index (χ0v) is 20.0. The van der Waals surface area contributed by atoms with Crippen molar-refractivity contribution in [3.8, 4) is 5.75 Å². The van der Waals surface area contributed by atoms with Gasteiger partial charge in [-0.1, -0.05) is 38.1 Å². The van der Waals surface area contributed by atoms with Gasteiger partial charge in [-0.2, -0.15) is 0 Å². The van der Waals surface area contributed by atoms with E-state index in [0.717, 1.165) is 50.1 Å². The predicted octanol–water partition coefficient (Wildman–Crippen LogP) is 6.21. The Bertz CT molecular complexity index is 893. The van der Waals surface area contributed by atoms with E-state index in [9.17, 15) is 4.79 Å². The maximum Gasteiger partial charge on any atom is 0.309 e. The predicted molar refractivity (Wildman–Crippen MR) is 130 cm³/mol. The molecule has 2 aromatic carbocycles. The number of rotatable bonds is 7. The summed E-state index contributed by atoms with van der Waals surface area (Å²) in [5, 5.41) is 2.46. The number of fused-ring (bicyclic) bond motifs is 1. The molecule has 2 aromatic rings. The highest BCUT2D eigenvalue weighted by atomic mass is 16.5. The molecule has 0 bridgehead atoms. The lowest BCUT2D eigenvalue weighted by Gasteiger charge is -2.31. The van der Waals surface area contributed by atoms with Crippen molar-refractivity contribution in [1.82, 2.24) is 4.90 Å². The van der Waals surface area contributed by atoms with Crippen LogP contribution in [0, 0.1) is 17.8 Å². The molecule has 1 heterocycles. The van der Waals surface area contributed by atoms with Crippen LogP contribution in [-0.4, -0.2) is 36.7 Å². The SMILES string of the molecule is CCOC(=O)C1CCN(Cc2ccc3c(OC4CCC(C(C)C)CC4)cccc3c2)CC1. The largest absolute Gasteiger partial charge is 0.490 e. The van der Waals surface area contributed by atoms with Crippen LogP contribution in [0.4, 0.5) is 0 Å². The summed E-state index contributed by atoms with van der Waals surface area (Å²) in [4.78, 5) is 14.4. The minimum Gasteiger partial charge on any atom is -0.490 e. The fraction of sp³-hybridized carbons (Fsp3) is 0.607. The molecule has 4 nitrogen and oxygen atoms in total. The fourth-order valence-corrected chi connectivity index (χ4v) is 5.40. The number of esters is 1. The number of hydrogen-bond acceptors (Lipinski definition) is 4.